The van der Waals surface area contributed by atoms with Crippen LogP contribution in [0.25, 0.3) is 0 Å². The Labute approximate surface area is 183 Å². The number of hydrogen-bond acceptors (Lipinski definition) is 5. The smallest absolute Gasteiger partial charge is 0.322 e. The van der Waals surface area contributed by atoms with E-state index in [1.54, 1.807) is 29.2 Å². The SMILES string of the molecule is N#Cc1cccc2c1N(C(=O)Nc1ccc3c(c1)CN(C1CCC(=O)NC1=O)C3=O)CC2. The van der Waals surface area contributed by atoms with Gasteiger partial charge in [-0.25, -0.2) is 4.79 Å². The highest BCUT2D eigenvalue weighted by Gasteiger charge is 2.39. The van der Waals surface area contributed by atoms with Gasteiger partial charge in [-0.05, 0) is 48.2 Å². The quantitative estimate of drug-likeness (QED) is 0.706. The molecule has 0 aromatic heterocycles. The van der Waals surface area contributed by atoms with Crippen LogP contribution in [0.2, 0.25) is 0 Å². The first kappa shape index (κ1) is 19.8. The minimum Gasteiger partial charge on any atom is -0.322 e. The van der Waals surface area contributed by atoms with E-state index in [2.05, 4.69) is 16.7 Å². The summed E-state index contributed by atoms with van der Waals surface area (Å²) in [6, 6.07) is 11.5. The van der Waals surface area contributed by atoms with Crippen molar-refractivity contribution in [3.05, 3.63) is 58.7 Å². The zero-order chi connectivity index (χ0) is 22.4. The molecule has 9 heteroatoms. The van der Waals surface area contributed by atoms with Gasteiger partial charge in [0.15, 0.2) is 0 Å². The van der Waals surface area contributed by atoms with E-state index in [1.807, 2.05) is 12.1 Å². The van der Waals surface area contributed by atoms with Crippen molar-refractivity contribution in [3.63, 3.8) is 0 Å². The van der Waals surface area contributed by atoms with Gasteiger partial charge < -0.3 is 10.2 Å². The van der Waals surface area contributed by atoms with Crippen LogP contribution in [0.1, 0.15) is 39.9 Å². The second kappa shape index (κ2) is 7.50. The van der Waals surface area contributed by atoms with Gasteiger partial charge in [-0.2, -0.15) is 5.26 Å². The van der Waals surface area contributed by atoms with Crippen molar-refractivity contribution in [1.82, 2.24) is 10.2 Å². The number of benzene rings is 2. The summed E-state index contributed by atoms with van der Waals surface area (Å²) in [4.78, 5) is 52.4. The normalized spacial score (nSPS) is 19.3. The number of amides is 5. The topological polar surface area (TPSA) is 123 Å². The third kappa shape index (κ3) is 3.17. The number of carbonyl (C=O) groups excluding carboxylic acids is 4. The molecule has 2 N–H and O–H groups in total. The van der Waals surface area contributed by atoms with Crippen molar-refractivity contribution >= 4 is 35.1 Å². The number of nitrogens with one attached hydrogen (secondary N) is 2. The molecular weight excluding hydrogens is 410 g/mol. The average molecular weight is 429 g/mol. The maximum Gasteiger partial charge on any atom is 0.326 e. The van der Waals surface area contributed by atoms with Gasteiger partial charge in [0, 0.05) is 30.8 Å². The molecule has 0 radical (unpaired) electrons. The second-order valence-corrected chi connectivity index (χ2v) is 8.03. The Morgan fingerprint density at radius 3 is 2.75 bits per heavy atom. The number of nitrogens with zero attached hydrogens (tertiary/aromatic N) is 3. The number of anilines is 2. The first-order chi connectivity index (χ1) is 15.5. The first-order valence-corrected chi connectivity index (χ1v) is 10.3. The summed E-state index contributed by atoms with van der Waals surface area (Å²) in [6.07, 6.45) is 1.17. The van der Waals surface area contributed by atoms with Gasteiger partial charge in [-0.3, -0.25) is 24.6 Å². The van der Waals surface area contributed by atoms with E-state index in [-0.39, 0.29) is 30.8 Å². The summed E-state index contributed by atoms with van der Waals surface area (Å²) in [7, 11) is 0. The monoisotopic (exact) mass is 429 g/mol. The Kier molecular flexibility index (Phi) is 4.63. The van der Waals surface area contributed by atoms with Crippen LogP contribution in [-0.2, 0) is 22.6 Å². The van der Waals surface area contributed by atoms with Gasteiger partial charge >= 0.3 is 6.03 Å². The molecule has 0 bridgehead atoms. The molecule has 0 aliphatic carbocycles. The fourth-order valence-electron chi connectivity index (χ4n) is 4.59. The predicted molar refractivity (Wildman–Crippen MR) is 114 cm³/mol. The van der Waals surface area contributed by atoms with E-state index in [0.717, 1.165) is 5.56 Å². The van der Waals surface area contributed by atoms with Crippen molar-refractivity contribution in [1.29, 1.82) is 5.26 Å². The summed E-state index contributed by atoms with van der Waals surface area (Å²) < 4.78 is 0. The number of piperidine rings is 1. The Morgan fingerprint density at radius 2 is 1.97 bits per heavy atom. The van der Waals surface area contributed by atoms with Gasteiger partial charge in [0.25, 0.3) is 5.91 Å². The lowest BCUT2D eigenvalue weighted by Crippen LogP contribution is -2.52. The minimum absolute atomic E-state index is 0.194. The number of urea groups is 1. The van der Waals surface area contributed by atoms with Crippen molar-refractivity contribution in [2.24, 2.45) is 0 Å². The van der Waals surface area contributed by atoms with Gasteiger partial charge in [0.2, 0.25) is 11.8 Å². The maximum absolute atomic E-state index is 12.9. The van der Waals surface area contributed by atoms with Crippen LogP contribution in [-0.4, -0.2) is 41.2 Å². The summed E-state index contributed by atoms with van der Waals surface area (Å²) in [5, 5.41) is 14.5. The van der Waals surface area contributed by atoms with Crippen LogP contribution in [0.15, 0.2) is 36.4 Å². The summed E-state index contributed by atoms with van der Waals surface area (Å²) in [6.45, 7) is 0.710. The van der Waals surface area contributed by atoms with E-state index < -0.39 is 11.9 Å². The molecule has 32 heavy (non-hydrogen) atoms. The van der Waals surface area contributed by atoms with E-state index in [4.69, 9.17) is 0 Å². The fraction of sp³-hybridized carbons (Fsp3) is 0.261. The molecule has 1 atom stereocenters. The van der Waals surface area contributed by atoms with Crippen LogP contribution in [0.4, 0.5) is 16.2 Å². The number of hydrogen-bond donors (Lipinski definition) is 2. The molecule has 1 unspecified atom stereocenters. The number of rotatable bonds is 2. The molecule has 0 spiro atoms. The Bertz CT molecular complexity index is 1230. The molecule has 3 aliphatic rings. The molecule has 5 rings (SSSR count). The van der Waals surface area contributed by atoms with Gasteiger partial charge in [-0.15, -0.1) is 0 Å². The molecule has 0 saturated carbocycles. The molecule has 2 aromatic rings. The zero-order valence-electron chi connectivity index (χ0n) is 17.1. The lowest BCUT2D eigenvalue weighted by molar-refractivity contribution is -0.136. The Hall–Kier alpha value is -4.19. The van der Waals surface area contributed by atoms with Crippen LogP contribution < -0.4 is 15.5 Å². The van der Waals surface area contributed by atoms with E-state index in [9.17, 15) is 24.4 Å². The van der Waals surface area contributed by atoms with Crippen molar-refractivity contribution < 1.29 is 19.2 Å². The lowest BCUT2D eigenvalue weighted by Gasteiger charge is -2.29. The molecule has 2 aromatic carbocycles. The summed E-state index contributed by atoms with van der Waals surface area (Å²) in [5.41, 5.74) is 3.75. The van der Waals surface area contributed by atoms with Crippen LogP contribution in [0, 0.1) is 11.3 Å². The van der Waals surface area contributed by atoms with Crippen molar-refractivity contribution in [3.8, 4) is 6.07 Å². The van der Waals surface area contributed by atoms with Crippen LogP contribution in [0.5, 0.6) is 0 Å². The van der Waals surface area contributed by atoms with Crippen LogP contribution >= 0.6 is 0 Å². The van der Waals surface area contributed by atoms with Crippen LogP contribution in [0.3, 0.4) is 0 Å². The third-order valence-corrected chi connectivity index (χ3v) is 6.13. The number of para-hydroxylation sites is 1. The highest BCUT2D eigenvalue weighted by molar-refractivity contribution is 6.07. The molecule has 9 nitrogen and oxygen atoms in total. The van der Waals surface area contributed by atoms with Crippen molar-refractivity contribution in [2.45, 2.75) is 31.8 Å². The maximum atomic E-state index is 12.9. The highest BCUT2D eigenvalue weighted by atomic mass is 16.2. The third-order valence-electron chi connectivity index (χ3n) is 6.13. The lowest BCUT2D eigenvalue weighted by atomic mass is 10.0. The number of fused-ring (bicyclic) bond motifs is 2. The van der Waals surface area contributed by atoms with Gasteiger partial charge in [0.1, 0.15) is 12.1 Å². The van der Waals surface area contributed by atoms with E-state index in [1.165, 1.54) is 4.90 Å². The Balaban J connectivity index is 1.34. The predicted octanol–water partition coefficient (Wildman–Crippen LogP) is 1.91. The molecule has 1 saturated heterocycles. The Morgan fingerprint density at radius 1 is 1.12 bits per heavy atom. The minimum atomic E-state index is -0.684. The number of nitriles is 1. The summed E-state index contributed by atoms with van der Waals surface area (Å²) in [5.74, 6) is -1.06. The molecule has 3 aliphatic heterocycles. The largest absolute Gasteiger partial charge is 0.326 e. The standard InChI is InChI=1S/C23H19N5O4/c24-11-14-3-1-2-13-8-9-27(20(13)14)23(32)25-16-4-5-17-15(10-16)12-28(22(17)31)18-6-7-19(29)26-21(18)30/h1-5,10,18H,6-9,12H2,(H,25,32)(H,26,29,30). The fourth-order valence-corrected chi connectivity index (χ4v) is 4.59. The average Bonchev–Trinajstić information content (AvgIpc) is 3.35. The molecule has 3 heterocycles. The first-order valence-electron chi connectivity index (χ1n) is 10.3. The van der Waals surface area contributed by atoms with E-state index in [0.29, 0.717) is 47.5 Å². The number of carbonyl (C=O) groups is 4. The van der Waals surface area contributed by atoms with Gasteiger partial charge in [0.05, 0.1) is 11.3 Å². The van der Waals surface area contributed by atoms with Crippen molar-refractivity contribution in [2.75, 3.05) is 16.8 Å². The number of imide groups is 1. The second-order valence-electron chi connectivity index (χ2n) is 8.03. The molecule has 5 amide bonds. The summed E-state index contributed by atoms with van der Waals surface area (Å²) >= 11 is 0. The molecule has 1 fully saturated rings. The van der Waals surface area contributed by atoms with Gasteiger partial charge in [-0.1, -0.05) is 12.1 Å². The molecular formula is C23H19N5O4. The zero-order valence-corrected chi connectivity index (χ0v) is 17.1. The highest BCUT2D eigenvalue weighted by Crippen LogP contribution is 2.33. The van der Waals surface area contributed by atoms with E-state index >= 15 is 0 Å². The molecule has 160 valence electrons.